The molecule has 0 heterocycles. The number of methoxy groups -OCH3 is 1. The van der Waals surface area contributed by atoms with E-state index in [1.54, 1.807) is 29.2 Å². The van der Waals surface area contributed by atoms with E-state index in [1.807, 2.05) is 44.2 Å². The molecule has 0 radical (unpaired) electrons. The largest absolute Gasteiger partial charge is 0.465 e. The second-order valence-electron chi connectivity index (χ2n) is 6.75. The Morgan fingerprint density at radius 1 is 1.00 bits per heavy atom. The molecule has 0 aromatic heterocycles. The van der Waals surface area contributed by atoms with Crippen LogP contribution in [-0.4, -0.2) is 42.4 Å². The Bertz CT molecular complexity index is 833. The Balaban J connectivity index is 2.23. The van der Waals surface area contributed by atoms with Crippen LogP contribution in [0.25, 0.3) is 0 Å². The number of hydrogen-bond acceptors (Lipinski definition) is 4. The summed E-state index contributed by atoms with van der Waals surface area (Å²) in [5, 5.41) is 0. The zero-order valence-corrected chi connectivity index (χ0v) is 16.7. The van der Waals surface area contributed by atoms with Crippen LogP contribution in [0.5, 0.6) is 0 Å². The fourth-order valence-electron chi connectivity index (χ4n) is 2.87. The summed E-state index contributed by atoms with van der Waals surface area (Å²) in [4.78, 5) is 40.1. The molecule has 0 aliphatic carbocycles. The van der Waals surface area contributed by atoms with Crippen LogP contribution in [0.2, 0.25) is 0 Å². The quantitative estimate of drug-likeness (QED) is 0.690. The lowest BCUT2D eigenvalue weighted by molar-refractivity contribution is -0.133. The number of ether oxygens (including phenoxy) is 1. The summed E-state index contributed by atoms with van der Waals surface area (Å²) >= 11 is 0. The number of carbonyl (C=O) groups is 3. The standard InChI is InChI=1S/C22H26N2O4/c1-16(2)23(14-18-9-6-5-7-10-18)21(26)15-24(17(3)25)20-12-8-11-19(13-20)22(27)28-4/h5-13,16H,14-15H2,1-4H3. The first-order chi connectivity index (χ1) is 13.3. The van der Waals surface area contributed by atoms with Crippen LogP contribution in [0.1, 0.15) is 36.7 Å². The molecule has 2 amide bonds. The Hall–Kier alpha value is -3.15. The second kappa shape index (κ2) is 9.69. The van der Waals surface area contributed by atoms with Gasteiger partial charge in [0.05, 0.1) is 12.7 Å². The van der Waals surface area contributed by atoms with Crippen molar-refractivity contribution in [2.24, 2.45) is 0 Å². The molecule has 0 unspecified atom stereocenters. The highest BCUT2D eigenvalue weighted by Crippen LogP contribution is 2.18. The van der Waals surface area contributed by atoms with Crippen molar-refractivity contribution in [3.8, 4) is 0 Å². The lowest BCUT2D eigenvalue weighted by Gasteiger charge is -2.30. The lowest BCUT2D eigenvalue weighted by Crippen LogP contribution is -2.44. The van der Waals surface area contributed by atoms with E-state index < -0.39 is 5.97 Å². The Kier molecular flexibility index (Phi) is 7.32. The number of hydrogen-bond donors (Lipinski definition) is 0. The highest BCUT2D eigenvalue weighted by molar-refractivity contribution is 5.99. The van der Waals surface area contributed by atoms with Gasteiger partial charge < -0.3 is 14.5 Å². The van der Waals surface area contributed by atoms with Crippen molar-refractivity contribution in [2.75, 3.05) is 18.6 Å². The van der Waals surface area contributed by atoms with Crippen molar-refractivity contribution in [1.29, 1.82) is 0 Å². The van der Waals surface area contributed by atoms with Crippen molar-refractivity contribution in [2.45, 2.75) is 33.4 Å². The maximum Gasteiger partial charge on any atom is 0.337 e. The van der Waals surface area contributed by atoms with E-state index in [0.29, 0.717) is 17.8 Å². The second-order valence-corrected chi connectivity index (χ2v) is 6.75. The van der Waals surface area contributed by atoms with Gasteiger partial charge in [-0.1, -0.05) is 36.4 Å². The van der Waals surface area contributed by atoms with Gasteiger partial charge in [0.2, 0.25) is 11.8 Å². The molecule has 0 N–H and O–H groups in total. The number of esters is 1. The first kappa shape index (κ1) is 21.2. The van der Waals surface area contributed by atoms with Crippen molar-refractivity contribution in [1.82, 2.24) is 4.90 Å². The average molecular weight is 382 g/mol. The van der Waals surface area contributed by atoms with Crippen LogP contribution >= 0.6 is 0 Å². The molecule has 0 bridgehead atoms. The molecule has 2 aromatic carbocycles. The number of benzene rings is 2. The van der Waals surface area contributed by atoms with Crippen LogP contribution in [0.3, 0.4) is 0 Å². The zero-order chi connectivity index (χ0) is 20.7. The molecule has 0 saturated heterocycles. The maximum absolute atomic E-state index is 13.0. The molecule has 6 heteroatoms. The molecule has 2 aromatic rings. The number of anilines is 1. The average Bonchev–Trinajstić information content (AvgIpc) is 2.69. The lowest BCUT2D eigenvalue weighted by atomic mass is 10.1. The summed E-state index contributed by atoms with van der Waals surface area (Å²) in [6.07, 6.45) is 0. The minimum absolute atomic E-state index is 0.0251. The molecule has 0 aliphatic heterocycles. The maximum atomic E-state index is 13.0. The number of amides is 2. The fourth-order valence-corrected chi connectivity index (χ4v) is 2.87. The normalized spacial score (nSPS) is 10.5. The molecular formula is C22H26N2O4. The van der Waals surface area contributed by atoms with Crippen LogP contribution in [0, 0.1) is 0 Å². The SMILES string of the molecule is COC(=O)c1cccc(N(CC(=O)N(Cc2ccccc2)C(C)C)C(C)=O)c1. The first-order valence-corrected chi connectivity index (χ1v) is 9.13. The van der Waals surface area contributed by atoms with E-state index in [2.05, 4.69) is 0 Å². The highest BCUT2D eigenvalue weighted by Gasteiger charge is 2.23. The van der Waals surface area contributed by atoms with Crippen molar-refractivity contribution >= 4 is 23.5 Å². The predicted octanol–water partition coefficient (Wildman–Crippen LogP) is 3.26. The summed E-state index contributed by atoms with van der Waals surface area (Å²) in [5.41, 5.74) is 1.82. The van der Waals surface area contributed by atoms with E-state index in [0.717, 1.165) is 5.56 Å². The molecule has 0 saturated carbocycles. The minimum atomic E-state index is -0.496. The fraction of sp³-hybridized carbons (Fsp3) is 0.318. The van der Waals surface area contributed by atoms with E-state index in [9.17, 15) is 14.4 Å². The third-order valence-corrected chi connectivity index (χ3v) is 4.39. The zero-order valence-electron chi connectivity index (χ0n) is 16.7. The molecule has 2 rings (SSSR count). The van der Waals surface area contributed by atoms with Gasteiger partial charge >= 0.3 is 5.97 Å². The van der Waals surface area contributed by atoms with Gasteiger partial charge in [-0.2, -0.15) is 0 Å². The number of carbonyl (C=O) groups excluding carboxylic acids is 3. The van der Waals surface area contributed by atoms with Crippen molar-refractivity contribution in [3.63, 3.8) is 0 Å². The molecule has 28 heavy (non-hydrogen) atoms. The van der Waals surface area contributed by atoms with E-state index in [4.69, 9.17) is 4.74 Å². The van der Waals surface area contributed by atoms with Crippen LogP contribution in [-0.2, 0) is 20.9 Å². The minimum Gasteiger partial charge on any atom is -0.465 e. The van der Waals surface area contributed by atoms with E-state index >= 15 is 0 Å². The third-order valence-electron chi connectivity index (χ3n) is 4.39. The molecule has 0 spiro atoms. The summed E-state index contributed by atoms with van der Waals surface area (Å²) < 4.78 is 4.73. The summed E-state index contributed by atoms with van der Waals surface area (Å²) in [5.74, 6) is -0.944. The highest BCUT2D eigenvalue weighted by atomic mass is 16.5. The van der Waals surface area contributed by atoms with Gasteiger partial charge in [-0.15, -0.1) is 0 Å². The van der Waals surface area contributed by atoms with Gasteiger partial charge in [0.25, 0.3) is 0 Å². The molecule has 0 atom stereocenters. The molecule has 6 nitrogen and oxygen atoms in total. The third kappa shape index (κ3) is 5.42. The van der Waals surface area contributed by atoms with Gasteiger partial charge in [-0.05, 0) is 37.6 Å². The van der Waals surface area contributed by atoms with E-state index in [1.165, 1.54) is 18.9 Å². The summed E-state index contributed by atoms with van der Waals surface area (Å²) in [6.45, 7) is 5.64. The Morgan fingerprint density at radius 2 is 1.68 bits per heavy atom. The molecular weight excluding hydrogens is 356 g/mol. The smallest absolute Gasteiger partial charge is 0.337 e. The van der Waals surface area contributed by atoms with Gasteiger partial charge in [0, 0.05) is 25.2 Å². The Labute approximate surface area is 165 Å². The molecule has 0 aliphatic rings. The van der Waals surface area contributed by atoms with Crippen LogP contribution < -0.4 is 4.90 Å². The van der Waals surface area contributed by atoms with Crippen LogP contribution in [0.4, 0.5) is 5.69 Å². The topological polar surface area (TPSA) is 66.9 Å². The molecule has 148 valence electrons. The first-order valence-electron chi connectivity index (χ1n) is 9.13. The van der Waals surface area contributed by atoms with Gasteiger partial charge in [-0.3, -0.25) is 9.59 Å². The van der Waals surface area contributed by atoms with Gasteiger partial charge in [-0.25, -0.2) is 4.79 Å². The molecule has 0 fully saturated rings. The van der Waals surface area contributed by atoms with Crippen LogP contribution in [0.15, 0.2) is 54.6 Å². The van der Waals surface area contributed by atoms with E-state index in [-0.39, 0.29) is 24.4 Å². The Morgan fingerprint density at radius 3 is 2.25 bits per heavy atom. The summed E-state index contributed by atoms with van der Waals surface area (Å²) in [7, 11) is 1.30. The number of nitrogens with zero attached hydrogens (tertiary/aromatic N) is 2. The summed E-state index contributed by atoms with van der Waals surface area (Å²) in [6, 6.07) is 16.2. The van der Waals surface area contributed by atoms with Gasteiger partial charge in [0.15, 0.2) is 0 Å². The monoisotopic (exact) mass is 382 g/mol. The predicted molar refractivity (Wildman–Crippen MR) is 108 cm³/mol. The van der Waals surface area contributed by atoms with Crippen molar-refractivity contribution in [3.05, 3.63) is 65.7 Å². The van der Waals surface area contributed by atoms with Gasteiger partial charge in [0.1, 0.15) is 6.54 Å². The number of rotatable bonds is 7. The van der Waals surface area contributed by atoms with Crippen molar-refractivity contribution < 1.29 is 19.1 Å².